The zero-order valence-corrected chi connectivity index (χ0v) is 19.0. The Hall–Kier alpha value is -3.03. The number of rotatable bonds is 7. The lowest BCUT2D eigenvalue weighted by Gasteiger charge is -2.14. The molecular formula is C23H23ClN2O4S. The van der Waals surface area contributed by atoms with Gasteiger partial charge < -0.3 is 10.1 Å². The van der Waals surface area contributed by atoms with Crippen molar-refractivity contribution >= 4 is 38.9 Å². The summed E-state index contributed by atoms with van der Waals surface area (Å²) >= 11 is 5.93. The summed E-state index contributed by atoms with van der Waals surface area (Å²) in [5.41, 5.74) is 3.28. The van der Waals surface area contributed by atoms with Crippen molar-refractivity contribution in [2.24, 2.45) is 0 Å². The summed E-state index contributed by atoms with van der Waals surface area (Å²) in [6, 6.07) is 16.6. The summed E-state index contributed by atoms with van der Waals surface area (Å²) in [6.45, 7) is 3.73. The molecule has 0 aliphatic carbocycles. The van der Waals surface area contributed by atoms with E-state index < -0.39 is 10.0 Å². The van der Waals surface area contributed by atoms with Gasteiger partial charge in [0.25, 0.3) is 10.0 Å². The highest BCUT2D eigenvalue weighted by molar-refractivity contribution is 7.92. The van der Waals surface area contributed by atoms with Gasteiger partial charge in [0.05, 0.1) is 24.1 Å². The summed E-state index contributed by atoms with van der Waals surface area (Å²) in [4.78, 5) is 12.7. The molecule has 2 N–H and O–H groups in total. The molecule has 31 heavy (non-hydrogen) atoms. The SMILES string of the molecule is COc1ccc(C)cc1CC(=O)Nc1cc(S(=O)(=O)Nc2cccc(Cl)c2)ccc1C. The van der Waals surface area contributed by atoms with Crippen LogP contribution in [0.5, 0.6) is 5.75 Å². The van der Waals surface area contributed by atoms with Crippen molar-refractivity contribution in [3.63, 3.8) is 0 Å². The summed E-state index contributed by atoms with van der Waals surface area (Å²) in [5.74, 6) is 0.351. The summed E-state index contributed by atoms with van der Waals surface area (Å²) in [6.07, 6.45) is 0.0992. The average Bonchev–Trinajstić information content (AvgIpc) is 2.69. The molecule has 0 atom stereocenters. The van der Waals surface area contributed by atoms with Crippen LogP contribution in [0.15, 0.2) is 65.6 Å². The number of ether oxygens (including phenoxy) is 1. The van der Waals surface area contributed by atoms with Gasteiger partial charge in [-0.2, -0.15) is 0 Å². The zero-order valence-electron chi connectivity index (χ0n) is 17.4. The smallest absolute Gasteiger partial charge is 0.261 e. The van der Waals surface area contributed by atoms with Gasteiger partial charge in [-0.05, 0) is 55.8 Å². The second-order valence-corrected chi connectivity index (χ2v) is 9.25. The van der Waals surface area contributed by atoms with Gasteiger partial charge in [0, 0.05) is 16.3 Å². The number of hydrogen-bond acceptors (Lipinski definition) is 4. The molecular weight excluding hydrogens is 436 g/mol. The molecule has 0 bridgehead atoms. The molecule has 0 spiro atoms. The third-order valence-electron chi connectivity index (χ3n) is 4.66. The van der Waals surface area contributed by atoms with E-state index in [4.69, 9.17) is 16.3 Å². The zero-order chi connectivity index (χ0) is 22.6. The molecule has 0 radical (unpaired) electrons. The van der Waals surface area contributed by atoms with Gasteiger partial charge in [0.2, 0.25) is 5.91 Å². The van der Waals surface area contributed by atoms with E-state index in [0.29, 0.717) is 22.1 Å². The van der Waals surface area contributed by atoms with E-state index in [2.05, 4.69) is 10.0 Å². The lowest BCUT2D eigenvalue weighted by Crippen LogP contribution is -2.17. The highest BCUT2D eigenvalue weighted by Crippen LogP contribution is 2.25. The number of hydrogen-bond donors (Lipinski definition) is 2. The predicted octanol–water partition coefficient (Wildman–Crippen LogP) is 4.95. The number of carbonyl (C=O) groups is 1. The number of carbonyl (C=O) groups excluding carboxylic acids is 1. The lowest BCUT2D eigenvalue weighted by molar-refractivity contribution is -0.115. The molecule has 0 saturated heterocycles. The minimum absolute atomic E-state index is 0.0292. The Morgan fingerprint density at radius 3 is 2.52 bits per heavy atom. The first kappa shape index (κ1) is 22.7. The maximum Gasteiger partial charge on any atom is 0.261 e. The monoisotopic (exact) mass is 458 g/mol. The Morgan fingerprint density at radius 2 is 1.81 bits per heavy atom. The molecule has 3 aromatic rings. The van der Waals surface area contributed by atoms with E-state index >= 15 is 0 Å². The molecule has 3 aromatic carbocycles. The van der Waals surface area contributed by atoms with Crippen LogP contribution in [-0.2, 0) is 21.2 Å². The summed E-state index contributed by atoms with van der Waals surface area (Å²) in [5, 5.41) is 3.23. The van der Waals surface area contributed by atoms with Crippen LogP contribution in [0.2, 0.25) is 5.02 Å². The molecule has 0 saturated carbocycles. The number of nitrogens with one attached hydrogen (secondary N) is 2. The molecule has 162 valence electrons. The van der Waals surface area contributed by atoms with Crippen molar-refractivity contribution in [2.75, 3.05) is 17.1 Å². The topological polar surface area (TPSA) is 84.5 Å². The molecule has 0 aromatic heterocycles. The van der Waals surface area contributed by atoms with Crippen molar-refractivity contribution in [1.29, 1.82) is 0 Å². The van der Waals surface area contributed by atoms with Crippen LogP contribution in [0.4, 0.5) is 11.4 Å². The van der Waals surface area contributed by atoms with E-state index in [1.165, 1.54) is 18.2 Å². The first-order chi connectivity index (χ1) is 14.7. The van der Waals surface area contributed by atoms with Gasteiger partial charge in [-0.25, -0.2) is 8.42 Å². The molecule has 0 fully saturated rings. The summed E-state index contributed by atoms with van der Waals surface area (Å²) in [7, 11) is -2.31. The highest BCUT2D eigenvalue weighted by atomic mass is 35.5. The van der Waals surface area contributed by atoms with E-state index in [9.17, 15) is 13.2 Å². The first-order valence-corrected chi connectivity index (χ1v) is 11.4. The highest BCUT2D eigenvalue weighted by Gasteiger charge is 2.17. The largest absolute Gasteiger partial charge is 0.496 e. The third-order valence-corrected chi connectivity index (χ3v) is 6.27. The fourth-order valence-electron chi connectivity index (χ4n) is 3.08. The maximum absolute atomic E-state index is 12.8. The van der Waals surface area contributed by atoms with E-state index in [-0.39, 0.29) is 17.2 Å². The Bertz CT molecular complexity index is 1230. The van der Waals surface area contributed by atoms with Crippen LogP contribution >= 0.6 is 11.6 Å². The van der Waals surface area contributed by atoms with E-state index in [0.717, 1.165) is 16.7 Å². The van der Waals surface area contributed by atoms with Gasteiger partial charge in [-0.15, -0.1) is 0 Å². The molecule has 6 nitrogen and oxygen atoms in total. The molecule has 1 amide bonds. The van der Waals surface area contributed by atoms with E-state index in [1.54, 1.807) is 38.3 Å². The number of amides is 1. The van der Waals surface area contributed by atoms with Crippen molar-refractivity contribution in [1.82, 2.24) is 0 Å². The second kappa shape index (κ2) is 9.41. The summed E-state index contributed by atoms with van der Waals surface area (Å²) < 4.78 is 33.4. The number of aryl methyl sites for hydroxylation is 2. The van der Waals surface area contributed by atoms with Gasteiger partial charge in [0.15, 0.2) is 0 Å². The molecule has 0 aliphatic heterocycles. The van der Waals surface area contributed by atoms with Crippen molar-refractivity contribution in [2.45, 2.75) is 25.2 Å². The van der Waals surface area contributed by atoms with Gasteiger partial charge in [-0.1, -0.05) is 41.4 Å². The number of halogens is 1. The normalized spacial score (nSPS) is 11.1. The maximum atomic E-state index is 12.8. The second-order valence-electron chi connectivity index (χ2n) is 7.13. The molecule has 0 unspecified atom stereocenters. The Kier molecular flexibility index (Phi) is 6.87. The fraction of sp³-hybridized carbons (Fsp3) is 0.174. The van der Waals surface area contributed by atoms with Crippen LogP contribution in [0.3, 0.4) is 0 Å². The Balaban J connectivity index is 1.81. The quantitative estimate of drug-likeness (QED) is 0.524. The van der Waals surface area contributed by atoms with Gasteiger partial charge >= 0.3 is 0 Å². The molecule has 8 heteroatoms. The van der Waals surface area contributed by atoms with Crippen molar-refractivity contribution in [3.8, 4) is 5.75 Å². The fourth-order valence-corrected chi connectivity index (χ4v) is 4.35. The van der Waals surface area contributed by atoms with E-state index in [1.807, 2.05) is 25.1 Å². The lowest BCUT2D eigenvalue weighted by atomic mass is 10.1. The molecule has 3 rings (SSSR count). The van der Waals surface area contributed by atoms with Crippen molar-refractivity contribution < 1.29 is 17.9 Å². The number of benzene rings is 3. The number of anilines is 2. The minimum atomic E-state index is -3.86. The van der Waals surface area contributed by atoms with Crippen LogP contribution in [0.1, 0.15) is 16.7 Å². The molecule has 0 aliphatic rings. The van der Waals surface area contributed by atoms with Gasteiger partial charge in [0.1, 0.15) is 5.75 Å². The third kappa shape index (κ3) is 5.77. The van der Waals surface area contributed by atoms with Crippen molar-refractivity contribution in [3.05, 3.63) is 82.4 Å². The first-order valence-electron chi connectivity index (χ1n) is 9.50. The van der Waals surface area contributed by atoms with Crippen LogP contribution in [-0.4, -0.2) is 21.4 Å². The van der Waals surface area contributed by atoms with Gasteiger partial charge in [-0.3, -0.25) is 9.52 Å². The average molecular weight is 459 g/mol. The van der Waals surface area contributed by atoms with Crippen LogP contribution in [0.25, 0.3) is 0 Å². The molecule has 0 heterocycles. The van der Waals surface area contributed by atoms with Crippen LogP contribution in [0, 0.1) is 13.8 Å². The standard InChI is InChI=1S/C23H23ClN2O4S/c1-15-7-10-22(30-3)17(11-15)12-23(27)25-21-14-20(9-8-16(21)2)31(28,29)26-19-6-4-5-18(24)13-19/h4-11,13-14,26H,12H2,1-3H3,(H,25,27). The van der Waals surface area contributed by atoms with Crippen LogP contribution < -0.4 is 14.8 Å². The minimum Gasteiger partial charge on any atom is -0.496 e. The Labute approximate surface area is 187 Å². The number of methoxy groups -OCH3 is 1. The predicted molar refractivity (Wildman–Crippen MR) is 124 cm³/mol. The Morgan fingerprint density at radius 1 is 1.03 bits per heavy atom. The number of sulfonamides is 1.